The Balaban J connectivity index is 0.000000980. The first kappa shape index (κ1) is 11.5. The lowest BCUT2D eigenvalue weighted by molar-refractivity contribution is 0.0769. The Morgan fingerprint density at radius 2 is 2.00 bits per heavy atom. The molecule has 0 saturated carbocycles. The second-order valence-corrected chi connectivity index (χ2v) is 3.49. The van der Waals surface area contributed by atoms with Gasteiger partial charge in [0.25, 0.3) is 0 Å². The largest absolute Gasteiger partial charge is 0.378 e. The van der Waals surface area contributed by atoms with Crippen molar-refractivity contribution in [2.75, 3.05) is 19.8 Å². The van der Waals surface area contributed by atoms with E-state index in [2.05, 4.69) is 36.5 Å². The number of benzene rings is 1. The molecule has 78 valence electrons. The van der Waals surface area contributed by atoms with Gasteiger partial charge in [-0.05, 0) is 12.5 Å². The van der Waals surface area contributed by atoms with E-state index in [9.17, 15) is 0 Å². The first-order valence-corrected chi connectivity index (χ1v) is 4.74. The maximum Gasteiger partial charge on any atom is 0.0662 e. The molecule has 1 heterocycles. The summed E-state index contributed by atoms with van der Waals surface area (Å²) in [6.45, 7) is 4.69. The molecule has 1 atom stereocenters. The minimum Gasteiger partial charge on any atom is -0.378 e. The van der Waals surface area contributed by atoms with E-state index in [0.29, 0.717) is 6.04 Å². The van der Waals surface area contributed by atoms with Crippen molar-refractivity contribution in [3.05, 3.63) is 35.4 Å². The minimum absolute atomic E-state index is 0. The summed E-state index contributed by atoms with van der Waals surface area (Å²) in [5.74, 6) is 0. The summed E-state index contributed by atoms with van der Waals surface area (Å²) >= 11 is 0. The second kappa shape index (κ2) is 5.35. The molecule has 1 N–H and O–H groups in total. The van der Waals surface area contributed by atoms with Crippen molar-refractivity contribution in [2.45, 2.75) is 13.0 Å². The molecule has 2 rings (SSSR count). The highest BCUT2D eigenvalue weighted by Gasteiger charge is 2.14. The SMILES string of the molecule is Cc1ccc(C2COCCN2)cc1.Cl. The Morgan fingerprint density at radius 1 is 1.29 bits per heavy atom. The van der Waals surface area contributed by atoms with E-state index in [0.717, 1.165) is 19.8 Å². The average molecular weight is 214 g/mol. The van der Waals surface area contributed by atoms with Gasteiger partial charge >= 0.3 is 0 Å². The number of ether oxygens (including phenoxy) is 1. The third-order valence-electron chi connectivity index (χ3n) is 2.40. The van der Waals surface area contributed by atoms with E-state index < -0.39 is 0 Å². The van der Waals surface area contributed by atoms with Crippen LogP contribution >= 0.6 is 12.4 Å². The fourth-order valence-corrected chi connectivity index (χ4v) is 1.58. The van der Waals surface area contributed by atoms with Gasteiger partial charge in [-0.2, -0.15) is 0 Å². The van der Waals surface area contributed by atoms with Crippen LogP contribution < -0.4 is 5.32 Å². The lowest BCUT2D eigenvalue weighted by Gasteiger charge is -2.24. The van der Waals surface area contributed by atoms with E-state index in [1.54, 1.807) is 0 Å². The molecule has 1 aliphatic rings. The molecule has 0 aromatic heterocycles. The zero-order valence-electron chi connectivity index (χ0n) is 8.32. The van der Waals surface area contributed by atoms with E-state index in [1.807, 2.05) is 0 Å². The summed E-state index contributed by atoms with van der Waals surface area (Å²) in [4.78, 5) is 0. The zero-order valence-corrected chi connectivity index (χ0v) is 9.14. The topological polar surface area (TPSA) is 21.3 Å². The lowest BCUT2D eigenvalue weighted by atomic mass is 10.1. The molecule has 1 aromatic rings. The smallest absolute Gasteiger partial charge is 0.0662 e. The third-order valence-corrected chi connectivity index (χ3v) is 2.40. The van der Waals surface area contributed by atoms with Crippen molar-refractivity contribution in [1.29, 1.82) is 0 Å². The summed E-state index contributed by atoms with van der Waals surface area (Å²) in [5, 5.41) is 3.43. The van der Waals surface area contributed by atoms with Crippen LogP contribution in [0.4, 0.5) is 0 Å². The van der Waals surface area contributed by atoms with Crippen molar-refractivity contribution in [3.63, 3.8) is 0 Å². The van der Waals surface area contributed by atoms with Crippen molar-refractivity contribution < 1.29 is 4.74 Å². The average Bonchev–Trinajstić information content (AvgIpc) is 2.20. The van der Waals surface area contributed by atoms with Crippen molar-refractivity contribution in [2.24, 2.45) is 0 Å². The maximum absolute atomic E-state index is 5.40. The summed E-state index contributed by atoms with van der Waals surface area (Å²) in [6, 6.07) is 9.01. The van der Waals surface area contributed by atoms with Crippen molar-refractivity contribution in [3.8, 4) is 0 Å². The highest BCUT2D eigenvalue weighted by Crippen LogP contribution is 2.15. The Kier molecular flexibility index (Phi) is 4.39. The predicted octanol–water partition coefficient (Wildman–Crippen LogP) is 2.08. The normalized spacial score (nSPS) is 21.4. The number of hydrogen-bond donors (Lipinski definition) is 1. The number of nitrogens with one attached hydrogen (secondary N) is 1. The molecule has 1 saturated heterocycles. The van der Waals surface area contributed by atoms with Crippen LogP contribution in [-0.4, -0.2) is 19.8 Å². The van der Waals surface area contributed by atoms with Gasteiger partial charge in [0, 0.05) is 6.54 Å². The molecule has 1 aromatic carbocycles. The van der Waals surface area contributed by atoms with Gasteiger partial charge in [0.1, 0.15) is 0 Å². The Hall–Kier alpha value is -0.570. The Morgan fingerprint density at radius 3 is 2.57 bits per heavy atom. The molecular formula is C11H16ClNO. The van der Waals surface area contributed by atoms with Crippen LogP contribution in [0.25, 0.3) is 0 Å². The zero-order chi connectivity index (χ0) is 9.10. The molecule has 0 bridgehead atoms. The number of aryl methyl sites for hydroxylation is 1. The molecular weight excluding hydrogens is 198 g/mol. The van der Waals surface area contributed by atoms with Crippen LogP contribution in [0.5, 0.6) is 0 Å². The number of halogens is 1. The van der Waals surface area contributed by atoms with E-state index in [4.69, 9.17) is 4.74 Å². The van der Waals surface area contributed by atoms with Crippen molar-refractivity contribution in [1.82, 2.24) is 5.32 Å². The molecule has 1 unspecified atom stereocenters. The van der Waals surface area contributed by atoms with Crippen LogP contribution in [0.15, 0.2) is 24.3 Å². The summed E-state index contributed by atoms with van der Waals surface area (Å²) in [7, 11) is 0. The predicted molar refractivity (Wildman–Crippen MR) is 60.0 cm³/mol. The summed E-state index contributed by atoms with van der Waals surface area (Å²) in [5.41, 5.74) is 2.63. The third kappa shape index (κ3) is 2.71. The van der Waals surface area contributed by atoms with Gasteiger partial charge in [-0.15, -0.1) is 12.4 Å². The quantitative estimate of drug-likeness (QED) is 0.772. The molecule has 0 amide bonds. The van der Waals surface area contributed by atoms with Crippen LogP contribution in [0, 0.1) is 6.92 Å². The van der Waals surface area contributed by atoms with E-state index in [1.165, 1.54) is 11.1 Å². The van der Waals surface area contributed by atoms with Crippen molar-refractivity contribution >= 4 is 12.4 Å². The van der Waals surface area contributed by atoms with Gasteiger partial charge in [-0.25, -0.2) is 0 Å². The molecule has 1 fully saturated rings. The standard InChI is InChI=1S/C11H15NO.ClH/c1-9-2-4-10(5-3-9)11-8-13-7-6-12-11;/h2-5,11-12H,6-8H2,1H3;1H. The second-order valence-electron chi connectivity index (χ2n) is 3.49. The number of morpholine rings is 1. The number of hydrogen-bond acceptors (Lipinski definition) is 2. The van der Waals surface area contributed by atoms with Crippen LogP contribution in [-0.2, 0) is 4.74 Å². The van der Waals surface area contributed by atoms with Gasteiger partial charge in [-0.3, -0.25) is 0 Å². The highest BCUT2D eigenvalue weighted by molar-refractivity contribution is 5.85. The summed E-state index contributed by atoms with van der Waals surface area (Å²) < 4.78 is 5.40. The maximum atomic E-state index is 5.40. The molecule has 0 radical (unpaired) electrons. The fourth-order valence-electron chi connectivity index (χ4n) is 1.58. The van der Waals surface area contributed by atoms with Crippen LogP contribution in [0.1, 0.15) is 17.2 Å². The Bertz CT molecular complexity index is 267. The summed E-state index contributed by atoms with van der Waals surface area (Å²) in [6.07, 6.45) is 0. The van der Waals surface area contributed by atoms with E-state index >= 15 is 0 Å². The van der Waals surface area contributed by atoms with Crippen LogP contribution in [0.3, 0.4) is 0 Å². The van der Waals surface area contributed by atoms with Gasteiger partial charge < -0.3 is 10.1 Å². The van der Waals surface area contributed by atoms with Crippen LogP contribution in [0.2, 0.25) is 0 Å². The Labute approximate surface area is 91.1 Å². The van der Waals surface area contributed by atoms with Gasteiger partial charge in [0.05, 0.1) is 19.3 Å². The monoisotopic (exact) mass is 213 g/mol. The van der Waals surface area contributed by atoms with Gasteiger partial charge in [-0.1, -0.05) is 29.8 Å². The lowest BCUT2D eigenvalue weighted by Crippen LogP contribution is -2.34. The molecule has 1 aliphatic heterocycles. The highest BCUT2D eigenvalue weighted by atomic mass is 35.5. The molecule has 3 heteroatoms. The van der Waals surface area contributed by atoms with Gasteiger partial charge in [0.15, 0.2) is 0 Å². The molecule has 14 heavy (non-hydrogen) atoms. The fraction of sp³-hybridized carbons (Fsp3) is 0.455. The first-order valence-electron chi connectivity index (χ1n) is 4.74. The molecule has 2 nitrogen and oxygen atoms in total. The molecule has 0 aliphatic carbocycles. The van der Waals surface area contributed by atoms with E-state index in [-0.39, 0.29) is 12.4 Å². The molecule has 0 spiro atoms. The first-order chi connectivity index (χ1) is 6.36. The number of rotatable bonds is 1. The minimum atomic E-state index is 0. The van der Waals surface area contributed by atoms with Gasteiger partial charge in [0.2, 0.25) is 0 Å².